The van der Waals surface area contributed by atoms with Gasteiger partial charge in [0.1, 0.15) is 0 Å². The minimum atomic E-state index is -0.297. The molecule has 0 spiro atoms. The maximum Gasteiger partial charge on any atom is 0.272 e. The molecule has 2 aromatic rings. The van der Waals surface area contributed by atoms with Crippen molar-refractivity contribution in [3.8, 4) is 0 Å². The minimum Gasteiger partial charge on any atom is -0.267 e. The van der Waals surface area contributed by atoms with Crippen molar-refractivity contribution in [2.45, 2.75) is 4.90 Å². The van der Waals surface area contributed by atoms with E-state index in [2.05, 4.69) is 12.6 Å². The van der Waals surface area contributed by atoms with E-state index in [0.29, 0.717) is 10.5 Å². The van der Waals surface area contributed by atoms with Gasteiger partial charge in [-0.1, -0.05) is 18.2 Å². The molecular weight excluding hydrogens is 248 g/mol. The molecule has 92 valence electrons. The highest BCUT2D eigenvalue weighted by molar-refractivity contribution is 7.80. The van der Waals surface area contributed by atoms with Gasteiger partial charge in [0.25, 0.3) is 11.5 Å². The van der Waals surface area contributed by atoms with Crippen LogP contribution in [0.2, 0.25) is 0 Å². The SMILES string of the molecule is CN(C(=O)c1ccccc1)n1ccc(S)cc1=O. The van der Waals surface area contributed by atoms with Gasteiger partial charge in [0, 0.05) is 29.8 Å². The molecule has 0 saturated carbocycles. The largest absolute Gasteiger partial charge is 0.272 e. The van der Waals surface area contributed by atoms with Crippen LogP contribution >= 0.6 is 12.6 Å². The Hall–Kier alpha value is -2.01. The third-order valence-electron chi connectivity index (χ3n) is 2.52. The van der Waals surface area contributed by atoms with Crippen molar-refractivity contribution in [2.75, 3.05) is 12.1 Å². The molecule has 1 aromatic carbocycles. The summed E-state index contributed by atoms with van der Waals surface area (Å²) in [6.07, 6.45) is 1.52. The first kappa shape index (κ1) is 12.4. The summed E-state index contributed by atoms with van der Waals surface area (Å²) >= 11 is 4.07. The number of hydrogen-bond donors (Lipinski definition) is 1. The quantitative estimate of drug-likeness (QED) is 0.832. The van der Waals surface area contributed by atoms with Gasteiger partial charge in [0.2, 0.25) is 0 Å². The Labute approximate surface area is 110 Å². The van der Waals surface area contributed by atoms with E-state index in [0.717, 1.165) is 0 Å². The zero-order valence-electron chi connectivity index (χ0n) is 9.78. The monoisotopic (exact) mass is 260 g/mol. The fraction of sp³-hybridized carbons (Fsp3) is 0.0769. The Balaban J connectivity index is 2.35. The van der Waals surface area contributed by atoms with E-state index >= 15 is 0 Å². The van der Waals surface area contributed by atoms with Gasteiger partial charge in [0.15, 0.2) is 0 Å². The van der Waals surface area contributed by atoms with E-state index in [-0.39, 0.29) is 11.5 Å². The molecule has 18 heavy (non-hydrogen) atoms. The van der Waals surface area contributed by atoms with Gasteiger partial charge in [0.05, 0.1) is 0 Å². The molecule has 0 bridgehead atoms. The fourth-order valence-electron chi connectivity index (χ4n) is 1.57. The highest BCUT2D eigenvalue weighted by Gasteiger charge is 2.13. The number of benzene rings is 1. The summed E-state index contributed by atoms with van der Waals surface area (Å²) in [6.45, 7) is 0. The lowest BCUT2D eigenvalue weighted by molar-refractivity contribution is 0.0966. The van der Waals surface area contributed by atoms with Crippen molar-refractivity contribution in [1.82, 2.24) is 4.68 Å². The number of hydrogen-bond acceptors (Lipinski definition) is 3. The van der Waals surface area contributed by atoms with Gasteiger partial charge < -0.3 is 0 Å². The Morgan fingerprint density at radius 1 is 1.22 bits per heavy atom. The van der Waals surface area contributed by atoms with Gasteiger partial charge in [-0.25, -0.2) is 9.69 Å². The smallest absolute Gasteiger partial charge is 0.267 e. The summed E-state index contributed by atoms with van der Waals surface area (Å²) in [4.78, 5) is 24.4. The molecule has 1 heterocycles. The van der Waals surface area contributed by atoms with E-state index in [1.165, 1.54) is 21.9 Å². The van der Waals surface area contributed by atoms with Gasteiger partial charge in [-0.3, -0.25) is 9.59 Å². The van der Waals surface area contributed by atoms with E-state index in [9.17, 15) is 9.59 Å². The normalized spacial score (nSPS) is 10.1. The van der Waals surface area contributed by atoms with Crippen molar-refractivity contribution in [2.24, 2.45) is 0 Å². The molecule has 0 aliphatic carbocycles. The van der Waals surface area contributed by atoms with Crippen LogP contribution in [0, 0.1) is 0 Å². The van der Waals surface area contributed by atoms with Crippen LogP contribution < -0.4 is 10.6 Å². The molecule has 1 aromatic heterocycles. The second-order valence-corrected chi connectivity index (χ2v) is 4.28. The lowest BCUT2D eigenvalue weighted by Crippen LogP contribution is -2.42. The number of amides is 1. The standard InChI is InChI=1S/C13H12N2O2S/c1-14(13(17)10-5-3-2-4-6-10)15-8-7-11(18)9-12(15)16/h2-9,18H,1H3. The van der Waals surface area contributed by atoms with E-state index < -0.39 is 0 Å². The number of rotatable bonds is 2. The van der Waals surface area contributed by atoms with Crippen LogP contribution in [0.3, 0.4) is 0 Å². The average Bonchev–Trinajstić information content (AvgIpc) is 2.38. The average molecular weight is 260 g/mol. The second kappa shape index (κ2) is 5.10. The maximum absolute atomic E-state index is 12.1. The van der Waals surface area contributed by atoms with Crippen molar-refractivity contribution in [3.05, 3.63) is 64.6 Å². The zero-order valence-corrected chi connectivity index (χ0v) is 10.7. The Morgan fingerprint density at radius 2 is 1.89 bits per heavy atom. The second-order valence-electron chi connectivity index (χ2n) is 3.76. The maximum atomic E-state index is 12.1. The summed E-state index contributed by atoms with van der Waals surface area (Å²) in [7, 11) is 1.55. The molecule has 0 unspecified atom stereocenters. The van der Waals surface area contributed by atoms with Crippen molar-refractivity contribution >= 4 is 18.5 Å². The van der Waals surface area contributed by atoms with Crippen LogP contribution in [-0.4, -0.2) is 17.6 Å². The van der Waals surface area contributed by atoms with E-state index in [4.69, 9.17) is 0 Å². The zero-order chi connectivity index (χ0) is 13.1. The van der Waals surface area contributed by atoms with Gasteiger partial charge >= 0.3 is 0 Å². The number of nitrogens with zero attached hydrogens (tertiary/aromatic N) is 2. The van der Waals surface area contributed by atoms with Crippen LogP contribution in [0.4, 0.5) is 0 Å². The molecule has 1 amide bonds. The third-order valence-corrected chi connectivity index (χ3v) is 2.80. The molecule has 0 atom stereocenters. The molecule has 5 heteroatoms. The van der Waals surface area contributed by atoms with Crippen LogP contribution in [0.25, 0.3) is 0 Å². The van der Waals surface area contributed by atoms with Crippen LogP contribution in [0.15, 0.2) is 58.4 Å². The first-order valence-corrected chi connectivity index (χ1v) is 5.79. The highest BCUT2D eigenvalue weighted by Crippen LogP contribution is 2.03. The number of carbonyl (C=O) groups excluding carboxylic acids is 1. The summed E-state index contributed by atoms with van der Waals surface area (Å²) in [5.41, 5.74) is 0.233. The molecule has 0 radical (unpaired) electrons. The molecular formula is C13H12N2O2S. The van der Waals surface area contributed by atoms with Crippen LogP contribution in [-0.2, 0) is 0 Å². The number of thiol groups is 1. The molecule has 0 aliphatic rings. The predicted octanol–water partition coefficient (Wildman–Crippen LogP) is 1.55. The molecule has 2 rings (SSSR count). The molecule has 0 aliphatic heterocycles. The first-order valence-electron chi connectivity index (χ1n) is 5.34. The van der Waals surface area contributed by atoms with Crippen LogP contribution in [0.5, 0.6) is 0 Å². The van der Waals surface area contributed by atoms with E-state index in [1.807, 2.05) is 6.07 Å². The topological polar surface area (TPSA) is 42.3 Å². The van der Waals surface area contributed by atoms with Gasteiger partial charge in [-0.05, 0) is 18.2 Å². The number of carbonyl (C=O) groups is 1. The van der Waals surface area contributed by atoms with Crippen molar-refractivity contribution < 1.29 is 4.79 Å². The Kier molecular flexibility index (Phi) is 3.53. The van der Waals surface area contributed by atoms with Gasteiger partial charge in [-0.2, -0.15) is 0 Å². The van der Waals surface area contributed by atoms with E-state index in [1.54, 1.807) is 37.4 Å². The minimum absolute atomic E-state index is 0.246. The Bertz CT molecular complexity index is 622. The summed E-state index contributed by atoms with van der Waals surface area (Å²) in [5.74, 6) is -0.246. The summed E-state index contributed by atoms with van der Waals surface area (Å²) in [5, 5.41) is 1.27. The Morgan fingerprint density at radius 3 is 2.50 bits per heavy atom. The van der Waals surface area contributed by atoms with Crippen molar-refractivity contribution in [3.63, 3.8) is 0 Å². The number of pyridine rings is 1. The fourth-order valence-corrected chi connectivity index (χ4v) is 1.75. The molecule has 4 nitrogen and oxygen atoms in total. The van der Waals surface area contributed by atoms with Crippen molar-refractivity contribution in [1.29, 1.82) is 0 Å². The number of aromatic nitrogens is 1. The van der Waals surface area contributed by atoms with Gasteiger partial charge in [-0.15, -0.1) is 12.6 Å². The summed E-state index contributed by atoms with van der Waals surface area (Å²) < 4.78 is 1.25. The molecule has 0 fully saturated rings. The third kappa shape index (κ3) is 2.46. The predicted molar refractivity (Wildman–Crippen MR) is 72.9 cm³/mol. The first-order chi connectivity index (χ1) is 8.59. The highest BCUT2D eigenvalue weighted by atomic mass is 32.1. The molecule has 0 saturated heterocycles. The lowest BCUT2D eigenvalue weighted by atomic mass is 10.2. The lowest BCUT2D eigenvalue weighted by Gasteiger charge is -2.19. The summed E-state index contributed by atoms with van der Waals surface area (Å²) in [6, 6.07) is 11.8. The molecule has 0 N–H and O–H groups in total. The van der Waals surface area contributed by atoms with Crippen LogP contribution in [0.1, 0.15) is 10.4 Å².